The van der Waals surface area contributed by atoms with Gasteiger partial charge in [0, 0.05) is 46.8 Å². The molecule has 0 bridgehead atoms. The zero-order valence-corrected chi connectivity index (χ0v) is 13.8. The van der Waals surface area contributed by atoms with E-state index < -0.39 is 0 Å². The number of anilines is 1. The first-order valence-corrected chi connectivity index (χ1v) is 8.95. The third kappa shape index (κ3) is 3.67. The zero-order chi connectivity index (χ0) is 13.2. The van der Waals surface area contributed by atoms with E-state index in [1.807, 2.05) is 0 Å². The molecule has 1 N–H and O–H groups in total. The number of rotatable bonds is 4. The topological polar surface area (TPSA) is 15.3 Å². The number of nitrogens with one attached hydrogen (secondary N) is 1. The second-order valence-corrected chi connectivity index (χ2v) is 7.96. The van der Waals surface area contributed by atoms with Crippen molar-refractivity contribution in [2.24, 2.45) is 0 Å². The van der Waals surface area contributed by atoms with Crippen LogP contribution in [-0.4, -0.2) is 30.1 Å². The molecule has 4 heteroatoms. The monoisotopic (exact) mass is 340 g/mol. The fraction of sp³-hybridized carbons (Fsp3) is 0.600. The van der Waals surface area contributed by atoms with Crippen LogP contribution in [0.2, 0.25) is 0 Å². The third-order valence-electron chi connectivity index (χ3n) is 3.80. The lowest BCUT2D eigenvalue weighted by Crippen LogP contribution is -2.36. The number of hydrogen-bond donors (Lipinski definition) is 1. The summed E-state index contributed by atoms with van der Waals surface area (Å²) < 4.78 is 1.24. The molecular weight excluding hydrogens is 320 g/mol. The van der Waals surface area contributed by atoms with Gasteiger partial charge in [0.15, 0.2) is 0 Å². The van der Waals surface area contributed by atoms with E-state index in [0.717, 1.165) is 24.4 Å². The Morgan fingerprint density at radius 1 is 1.42 bits per heavy atom. The van der Waals surface area contributed by atoms with E-state index in [4.69, 9.17) is 0 Å². The molecule has 19 heavy (non-hydrogen) atoms. The fourth-order valence-corrected chi connectivity index (χ4v) is 3.99. The van der Waals surface area contributed by atoms with Gasteiger partial charge in [-0.25, -0.2) is 0 Å². The van der Waals surface area contributed by atoms with Gasteiger partial charge in [-0.05, 0) is 30.5 Å². The summed E-state index contributed by atoms with van der Waals surface area (Å²) in [7, 11) is 0. The minimum absolute atomic E-state index is 0.740. The van der Waals surface area contributed by atoms with Gasteiger partial charge < -0.3 is 10.2 Å². The van der Waals surface area contributed by atoms with Crippen molar-refractivity contribution in [3.63, 3.8) is 0 Å². The Labute approximate surface area is 128 Å². The highest BCUT2D eigenvalue weighted by Gasteiger charge is 2.21. The number of hydrogen-bond acceptors (Lipinski definition) is 3. The average molecular weight is 341 g/mol. The first-order valence-electron chi connectivity index (χ1n) is 7.11. The summed E-state index contributed by atoms with van der Waals surface area (Å²) in [6, 6.07) is 7.59. The standard InChI is InChI=1S/C15H21BrN2S/c1-11-10-18(6-7-19-11)14-5-2-12(15(16)8-14)9-17-13-3-4-13/h2,5,8,11,13,17H,3-4,6-7,9-10H2,1H3. The lowest BCUT2D eigenvalue weighted by molar-refractivity contribution is 0.685. The Morgan fingerprint density at radius 2 is 2.26 bits per heavy atom. The van der Waals surface area contributed by atoms with Gasteiger partial charge in [0.05, 0.1) is 0 Å². The minimum Gasteiger partial charge on any atom is -0.370 e. The average Bonchev–Trinajstić information content (AvgIpc) is 3.21. The lowest BCUT2D eigenvalue weighted by atomic mass is 10.2. The molecule has 0 aromatic heterocycles. The molecule has 2 aliphatic rings. The highest BCUT2D eigenvalue weighted by molar-refractivity contribution is 9.10. The number of halogens is 1. The molecule has 0 spiro atoms. The summed E-state index contributed by atoms with van der Waals surface area (Å²) >= 11 is 5.81. The quantitative estimate of drug-likeness (QED) is 0.900. The smallest absolute Gasteiger partial charge is 0.0378 e. The van der Waals surface area contributed by atoms with Crippen molar-refractivity contribution in [1.29, 1.82) is 0 Å². The molecule has 0 radical (unpaired) electrons. The molecule has 104 valence electrons. The Morgan fingerprint density at radius 3 is 2.95 bits per heavy atom. The van der Waals surface area contributed by atoms with Crippen molar-refractivity contribution in [3.8, 4) is 0 Å². The van der Waals surface area contributed by atoms with E-state index in [0.29, 0.717) is 0 Å². The van der Waals surface area contributed by atoms with Gasteiger partial charge in [-0.3, -0.25) is 0 Å². The lowest BCUT2D eigenvalue weighted by Gasteiger charge is -2.32. The molecule has 3 rings (SSSR count). The van der Waals surface area contributed by atoms with E-state index >= 15 is 0 Å². The van der Waals surface area contributed by atoms with Crippen LogP contribution in [-0.2, 0) is 6.54 Å². The second-order valence-electron chi connectivity index (χ2n) is 5.56. The molecule has 1 aliphatic heterocycles. The predicted molar refractivity (Wildman–Crippen MR) is 88.1 cm³/mol. The molecule has 1 aromatic carbocycles. The van der Waals surface area contributed by atoms with Crippen molar-refractivity contribution in [2.45, 2.75) is 37.6 Å². The summed E-state index contributed by atoms with van der Waals surface area (Å²) in [5, 5.41) is 4.31. The maximum atomic E-state index is 3.73. The first kappa shape index (κ1) is 13.8. The highest BCUT2D eigenvalue weighted by Crippen LogP contribution is 2.28. The van der Waals surface area contributed by atoms with Gasteiger partial charge in [0.1, 0.15) is 0 Å². The van der Waals surface area contributed by atoms with Crippen molar-refractivity contribution in [1.82, 2.24) is 5.32 Å². The van der Waals surface area contributed by atoms with Gasteiger partial charge in [-0.1, -0.05) is 28.9 Å². The molecule has 1 aliphatic carbocycles. The zero-order valence-electron chi connectivity index (χ0n) is 11.4. The number of nitrogens with zero attached hydrogens (tertiary/aromatic N) is 1. The Kier molecular flexibility index (Phi) is 4.40. The van der Waals surface area contributed by atoms with E-state index in [2.05, 4.69) is 63.0 Å². The number of thioether (sulfide) groups is 1. The fourth-order valence-electron chi connectivity index (χ4n) is 2.47. The van der Waals surface area contributed by atoms with Gasteiger partial charge in [0.2, 0.25) is 0 Å². The molecule has 1 saturated carbocycles. The molecule has 0 amide bonds. The van der Waals surface area contributed by atoms with Crippen LogP contribution in [0.25, 0.3) is 0 Å². The van der Waals surface area contributed by atoms with Gasteiger partial charge >= 0.3 is 0 Å². The molecule has 1 heterocycles. The Hall–Kier alpha value is -0.190. The summed E-state index contributed by atoms with van der Waals surface area (Å²) in [4.78, 5) is 2.50. The molecule has 2 fully saturated rings. The summed E-state index contributed by atoms with van der Waals surface area (Å²) in [5.74, 6) is 1.24. The molecule has 1 aromatic rings. The Bertz CT molecular complexity index is 448. The summed E-state index contributed by atoms with van der Waals surface area (Å²) in [5.41, 5.74) is 2.73. The minimum atomic E-state index is 0.740. The van der Waals surface area contributed by atoms with Crippen LogP contribution in [0.5, 0.6) is 0 Å². The molecule has 1 saturated heterocycles. The van der Waals surface area contributed by atoms with E-state index in [-0.39, 0.29) is 0 Å². The van der Waals surface area contributed by atoms with Crippen LogP contribution in [0.3, 0.4) is 0 Å². The van der Waals surface area contributed by atoms with Crippen LogP contribution < -0.4 is 10.2 Å². The summed E-state index contributed by atoms with van der Waals surface area (Å²) in [6.07, 6.45) is 2.69. The highest BCUT2D eigenvalue weighted by atomic mass is 79.9. The third-order valence-corrected chi connectivity index (χ3v) is 5.68. The Balaban J connectivity index is 1.67. The second kappa shape index (κ2) is 6.06. The van der Waals surface area contributed by atoms with E-state index in [9.17, 15) is 0 Å². The van der Waals surface area contributed by atoms with Gasteiger partial charge in [-0.2, -0.15) is 11.8 Å². The molecule has 1 atom stereocenters. The number of benzene rings is 1. The maximum absolute atomic E-state index is 3.73. The summed E-state index contributed by atoms with van der Waals surface area (Å²) in [6.45, 7) is 5.63. The maximum Gasteiger partial charge on any atom is 0.0378 e. The van der Waals surface area contributed by atoms with Crippen molar-refractivity contribution < 1.29 is 0 Å². The normalized spacial score (nSPS) is 23.7. The van der Waals surface area contributed by atoms with Crippen LogP contribution in [0.4, 0.5) is 5.69 Å². The first-order chi connectivity index (χ1) is 9.22. The van der Waals surface area contributed by atoms with E-state index in [1.165, 1.54) is 40.9 Å². The SMILES string of the molecule is CC1CN(c2ccc(CNC3CC3)c(Br)c2)CCS1. The van der Waals surface area contributed by atoms with Gasteiger partial charge in [-0.15, -0.1) is 0 Å². The van der Waals surface area contributed by atoms with Crippen LogP contribution in [0.1, 0.15) is 25.3 Å². The van der Waals surface area contributed by atoms with Crippen molar-refractivity contribution in [2.75, 3.05) is 23.7 Å². The van der Waals surface area contributed by atoms with Crippen molar-refractivity contribution >= 4 is 33.4 Å². The van der Waals surface area contributed by atoms with Crippen LogP contribution >= 0.6 is 27.7 Å². The molecular formula is C15H21BrN2S. The molecule has 2 nitrogen and oxygen atoms in total. The van der Waals surface area contributed by atoms with Gasteiger partial charge in [0.25, 0.3) is 0 Å². The van der Waals surface area contributed by atoms with Crippen LogP contribution in [0.15, 0.2) is 22.7 Å². The largest absolute Gasteiger partial charge is 0.370 e. The predicted octanol–water partition coefficient (Wildman–Crippen LogP) is 3.64. The molecule has 1 unspecified atom stereocenters. The van der Waals surface area contributed by atoms with Crippen LogP contribution in [0, 0.1) is 0 Å². The van der Waals surface area contributed by atoms with E-state index in [1.54, 1.807) is 0 Å². The van der Waals surface area contributed by atoms with Crippen molar-refractivity contribution in [3.05, 3.63) is 28.2 Å².